The van der Waals surface area contributed by atoms with Gasteiger partial charge in [-0.25, -0.2) is 4.39 Å². The second kappa shape index (κ2) is 6.80. The topological polar surface area (TPSA) is 0 Å². The lowest BCUT2D eigenvalue weighted by molar-refractivity contribution is 0.528. The monoisotopic (exact) mass is 330 g/mol. The average Bonchev–Trinajstić information content (AvgIpc) is 2.47. The van der Waals surface area contributed by atoms with Gasteiger partial charge in [-0.1, -0.05) is 41.9 Å². The van der Waals surface area contributed by atoms with E-state index in [2.05, 4.69) is 0 Å². The summed E-state index contributed by atoms with van der Waals surface area (Å²) in [4.78, 5) is 0. The Bertz CT molecular complexity index is 579. The lowest BCUT2D eigenvalue weighted by Crippen LogP contribution is -2.33. The molecule has 20 heavy (non-hydrogen) atoms. The summed E-state index contributed by atoms with van der Waals surface area (Å²) in [6, 6.07) is 14.0. The Balaban J connectivity index is 2.42. The number of hydrogen-bond acceptors (Lipinski definition) is 0. The summed E-state index contributed by atoms with van der Waals surface area (Å²) in [5.41, 5.74) is 1.22. The number of hydrogen-bond donors (Lipinski definition) is 0. The lowest BCUT2D eigenvalue weighted by atomic mass is 9.78. The third-order valence-corrected chi connectivity index (χ3v) is 4.83. The lowest BCUT2D eigenvalue weighted by Gasteiger charge is -2.30. The first-order valence-electron chi connectivity index (χ1n) is 6.23. The van der Waals surface area contributed by atoms with Crippen molar-refractivity contribution < 1.29 is 4.39 Å². The van der Waals surface area contributed by atoms with Crippen LogP contribution in [0.5, 0.6) is 0 Å². The van der Waals surface area contributed by atoms with Crippen molar-refractivity contribution in [2.75, 3.05) is 11.8 Å². The molecular formula is C16H14Cl3F. The van der Waals surface area contributed by atoms with E-state index in [4.69, 9.17) is 34.8 Å². The summed E-state index contributed by atoms with van der Waals surface area (Å²) < 4.78 is 13.5. The van der Waals surface area contributed by atoms with Crippen LogP contribution in [0.15, 0.2) is 48.5 Å². The van der Waals surface area contributed by atoms with E-state index in [9.17, 15) is 4.39 Å². The Morgan fingerprint density at radius 1 is 0.950 bits per heavy atom. The number of rotatable bonds is 5. The molecule has 0 radical (unpaired) electrons. The molecule has 0 unspecified atom stereocenters. The van der Waals surface area contributed by atoms with Crippen molar-refractivity contribution >= 4 is 34.8 Å². The van der Waals surface area contributed by atoms with Crippen LogP contribution in [0.25, 0.3) is 0 Å². The molecule has 0 saturated heterocycles. The minimum atomic E-state index is -0.532. The van der Waals surface area contributed by atoms with Gasteiger partial charge < -0.3 is 0 Å². The maximum atomic E-state index is 13.5. The van der Waals surface area contributed by atoms with E-state index in [0.717, 1.165) is 11.1 Å². The maximum Gasteiger partial charge on any atom is 0.123 e. The van der Waals surface area contributed by atoms with Crippen LogP contribution in [-0.4, -0.2) is 11.8 Å². The highest BCUT2D eigenvalue weighted by Gasteiger charge is 2.32. The summed E-state index contributed by atoms with van der Waals surface area (Å²) >= 11 is 18.5. The van der Waals surface area contributed by atoms with Gasteiger partial charge in [0.2, 0.25) is 0 Å². The molecule has 0 saturated carbocycles. The van der Waals surface area contributed by atoms with Crippen LogP contribution in [0.1, 0.15) is 11.1 Å². The predicted octanol–water partition coefficient (Wildman–Crippen LogP) is 5.44. The molecule has 0 spiro atoms. The van der Waals surface area contributed by atoms with Gasteiger partial charge in [-0.15, -0.1) is 23.2 Å². The van der Waals surface area contributed by atoms with E-state index in [1.54, 1.807) is 6.07 Å². The van der Waals surface area contributed by atoms with Crippen molar-refractivity contribution in [3.05, 3.63) is 70.5 Å². The fraction of sp³-hybridized carbons (Fsp3) is 0.250. The van der Waals surface area contributed by atoms with Crippen LogP contribution >= 0.6 is 34.8 Å². The Hall–Kier alpha value is -0.760. The fourth-order valence-electron chi connectivity index (χ4n) is 2.21. The largest absolute Gasteiger partial charge is 0.207 e. The molecule has 0 amide bonds. The number of halogens is 4. The predicted molar refractivity (Wildman–Crippen MR) is 84.7 cm³/mol. The molecule has 0 aliphatic carbocycles. The highest BCUT2D eigenvalue weighted by Crippen LogP contribution is 2.34. The molecule has 0 nitrogen and oxygen atoms in total. The Morgan fingerprint density at radius 3 is 2.25 bits per heavy atom. The average molecular weight is 332 g/mol. The van der Waals surface area contributed by atoms with Gasteiger partial charge in [0, 0.05) is 22.2 Å². The first-order valence-corrected chi connectivity index (χ1v) is 7.67. The summed E-state index contributed by atoms with van der Waals surface area (Å²) in [6.07, 6.45) is 0.573. The minimum Gasteiger partial charge on any atom is -0.207 e. The van der Waals surface area contributed by atoms with Crippen LogP contribution in [0.2, 0.25) is 5.02 Å². The van der Waals surface area contributed by atoms with Gasteiger partial charge in [0.15, 0.2) is 0 Å². The summed E-state index contributed by atoms with van der Waals surface area (Å²) in [5.74, 6) is 0.303. The van der Waals surface area contributed by atoms with Crippen LogP contribution in [-0.2, 0) is 11.8 Å². The molecule has 0 fully saturated rings. The zero-order valence-corrected chi connectivity index (χ0v) is 13.0. The van der Waals surface area contributed by atoms with E-state index in [-0.39, 0.29) is 5.82 Å². The molecule has 0 aromatic heterocycles. The molecule has 0 bridgehead atoms. The van der Waals surface area contributed by atoms with E-state index < -0.39 is 5.41 Å². The van der Waals surface area contributed by atoms with Gasteiger partial charge in [0.1, 0.15) is 5.82 Å². The van der Waals surface area contributed by atoms with E-state index in [0.29, 0.717) is 23.2 Å². The molecular weight excluding hydrogens is 318 g/mol. The molecule has 2 aromatic rings. The number of benzene rings is 2. The molecule has 0 heterocycles. The van der Waals surface area contributed by atoms with Crippen molar-refractivity contribution in [1.29, 1.82) is 0 Å². The molecule has 0 N–H and O–H groups in total. The quantitative estimate of drug-likeness (QED) is 0.640. The Kier molecular flexibility index (Phi) is 5.31. The summed E-state index contributed by atoms with van der Waals surface area (Å²) in [6.45, 7) is 0. The molecule has 2 aromatic carbocycles. The number of alkyl halides is 2. The minimum absolute atomic E-state index is 0.290. The highest BCUT2D eigenvalue weighted by molar-refractivity contribution is 6.31. The molecule has 0 atom stereocenters. The molecule has 0 aliphatic heterocycles. The SMILES string of the molecule is Fc1cccc(C(CCl)(CCl)Cc2ccccc2Cl)c1. The van der Waals surface area contributed by atoms with Crippen molar-refractivity contribution in [1.82, 2.24) is 0 Å². The smallest absolute Gasteiger partial charge is 0.123 e. The Labute approximate surface area is 133 Å². The van der Waals surface area contributed by atoms with Gasteiger partial charge in [-0.3, -0.25) is 0 Å². The van der Waals surface area contributed by atoms with Crippen LogP contribution in [0.4, 0.5) is 4.39 Å². The first-order chi connectivity index (χ1) is 9.61. The second-order valence-electron chi connectivity index (χ2n) is 4.83. The first kappa shape index (κ1) is 15.6. The van der Waals surface area contributed by atoms with Crippen LogP contribution < -0.4 is 0 Å². The zero-order chi connectivity index (χ0) is 14.6. The third-order valence-electron chi connectivity index (χ3n) is 3.44. The molecule has 0 aliphatic rings. The fourth-order valence-corrected chi connectivity index (χ4v) is 3.20. The summed E-state index contributed by atoms with van der Waals surface area (Å²) in [7, 11) is 0. The third kappa shape index (κ3) is 3.28. The van der Waals surface area contributed by atoms with Gasteiger partial charge in [-0.05, 0) is 35.7 Å². The van der Waals surface area contributed by atoms with Crippen molar-refractivity contribution in [3.8, 4) is 0 Å². The van der Waals surface area contributed by atoms with E-state index in [1.807, 2.05) is 30.3 Å². The van der Waals surface area contributed by atoms with Crippen molar-refractivity contribution in [3.63, 3.8) is 0 Å². The second-order valence-corrected chi connectivity index (χ2v) is 5.77. The van der Waals surface area contributed by atoms with Gasteiger partial charge >= 0.3 is 0 Å². The van der Waals surface area contributed by atoms with Gasteiger partial charge in [0.25, 0.3) is 0 Å². The summed E-state index contributed by atoms with van der Waals surface area (Å²) in [5, 5.41) is 0.670. The van der Waals surface area contributed by atoms with Crippen LogP contribution in [0.3, 0.4) is 0 Å². The maximum absolute atomic E-state index is 13.5. The Morgan fingerprint density at radius 2 is 1.65 bits per heavy atom. The zero-order valence-electron chi connectivity index (χ0n) is 10.8. The van der Waals surface area contributed by atoms with E-state index in [1.165, 1.54) is 12.1 Å². The van der Waals surface area contributed by atoms with Crippen molar-refractivity contribution in [2.24, 2.45) is 0 Å². The highest BCUT2D eigenvalue weighted by atomic mass is 35.5. The van der Waals surface area contributed by atoms with Crippen LogP contribution in [0, 0.1) is 5.82 Å². The van der Waals surface area contributed by atoms with Gasteiger partial charge in [-0.2, -0.15) is 0 Å². The van der Waals surface area contributed by atoms with E-state index >= 15 is 0 Å². The normalized spacial score (nSPS) is 11.6. The molecule has 106 valence electrons. The van der Waals surface area contributed by atoms with Crippen molar-refractivity contribution in [2.45, 2.75) is 11.8 Å². The standard InChI is InChI=1S/C16H14Cl3F/c17-10-16(11-18,13-5-3-6-14(20)8-13)9-12-4-1-2-7-15(12)19/h1-8H,9-11H2. The molecule has 4 heteroatoms. The van der Waals surface area contributed by atoms with Gasteiger partial charge in [0.05, 0.1) is 0 Å². The molecule has 2 rings (SSSR count).